The maximum Gasteiger partial charge on any atom is 0.402 e. The molecule has 0 amide bonds. The van der Waals surface area contributed by atoms with Crippen LogP contribution in [0.25, 0.3) is 0 Å². The van der Waals surface area contributed by atoms with Crippen molar-refractivity contribution < 1.29 is 26.0 Å². The molecule has 8 heteroatoms. The van der Waals surface area contributed by atoms with Crippen LogP contribution >= 0.6 is 0 Å². The van der Waals surface area contributed by atoms with Crippen LogP contribution in [0.15, 0.2) is 29.2 Å². The van der Waals surface area contributed by atoms with E-state index in [1.54, 1.807) is 0 Å². The van der Waals surface area contributed by atoms with E-state index >= 15 is 0 Å². The summed E-state index contributed by atoms with van der Waals surface area (Å²) < 4.78 is 75.0. The maximum atomic E-state index is 13.5. The minimum Gasteiger partial charge on any atom is -0.207 e. The molecule has 0 aromatic heterocycles. The number of nitrogens with zero attached hydrogens (tertiary/aromatic N) is 1. The highest BCUT2D eigenvalue weighted by Gasteiger charge is 2.39. The Morgan fingerprint density at radius 1 is 1.21 bits per heavy atom. The predicted molar refractivity (Wildman–Crippen MR) is 61.5 cm³/mol. The third-order valence-electron chi connectivity index (χ3n) is 2.33. The van der Waals surface area contributed by atoms with Gasteiger partial charge in [-0.1, -0.05) is 12.1 Å². The Morgan fingerprint density at radius 2 is 1.74 bits per heavy atom. The maximum absolute atomic E-state index is 13.5. The molecule has 19 heavy (non-hydrogen) atoms. The molecule has 108 valence electrons. The van der Waals surface area contributed by atoms with E-state index < -0.39 is 39.5 Å². The average Bonchev–Trinajstić information content (AvgIpc) is 2.24. The smallest absolute Gasteiger partial charge is 0.207 e. The van der Waals surface area contributed by atoms with Crippen molar-refractivity contribution in [2.24, 2.45) is 0 Å². The molecule has 0 saturated carbocycles. The van der Waals surface area contributed by atoms with E-state index in [1.807, 2.05) is 0 Å². The van der Waals surface area contributed by atoms with Crippen molar-refractivity contribution in [1.82, 2.24) is 4.31 Å². The van der Waals surface area contributed by atoms with E-state index in [0.29, 0.717) is 0 Å². The molecule has 0 saturated heterocycles. The molecule has 1 aromatic rings. The Labute approximate surface area is 108 Å². The van der Waals surface area contributed by atoms with E-state index in [1.165, 1.54) is 26.0 Å². The second kappa shape index (κ2) is 5.46. The molecule has 0 radical (unpaired) electrons. The Morgan fingerprint density at radius 3 is 2.16 bits per heavy atom. The van der Waals surface area contributed by atoms with Crippen LogP contribution in [-0.4, -0.2) is 31.5 Å². The summed E-state index contributed by atoms with van der Waals surface area (Å²) in [5, 5.41) is 0. The Kier molecular flexibility index (Phi) is 4.57. The molecule has 0 aliphatic heterocycles. The highest BCUT2D eigenvalue weighted by Crippen LogP contribution is 2.25. The first kappa shape index (κ1) is 15.9. The summed E-state index contributed by atoms with van der Waals surface area (Å²) in [4.78, 5) is -0.757. The molecule has 0 bridgehead atoms. The van der Waals surface area contributed by atoms with Crippen molar-refractivity contribution in [2.45, 2.75) is 31.0 Å². The van der Waals surface area contributed by atoms with Crippen LogP contribution in [0.5, 0.6) is 0 Å². The molecule has 1 aromatic carbocycles. The Bertz CT molecular complexity index is 540. The Balaban J connectivity index is 3.26. The topological polar surface area (TPSA) is 37.4 Å². The number of hydrogen-bond donors (Lipinski definition) is 0. The molecule has 0 spiro atoms. The molecule has 0 atom stereocenters. The summed E-state index contributed by atoms with van der Waals surface area (Å²) in [7, 11) is -4.53. The van der Waals surface area contributed by atoms with Gasteiger partial charge >= 0.3 is 6.18 Å². The van der Waals surface area contributed by atoms with Crippen molar-refractivity contribution >= 4 is 10.0 Å². The van der Waals surface area contributed by atoms with Gasteiger partial charge in [-0.15, -0.1) is 0 Å². The number of halogens is 4. The van der Waals surface area contributed by atoms with Crippen LogP contribution in [0.3, 0.4) is 0 Å². The van der Waals surface area contributed by atoms with Crippen LogP contribution in [0, 0.1) is 5.82 Å². The molecular formula is C11H13F4NO2S. The molecule has 0 aliphatic rings. The number of sulfonamides is 1. The van der Waals surface area contributed by atoms with E-state index in [-0.39, 0.29) is 4.31 Å². The zero-order valence-corrected chi connectivity index (χ0v) is 11.1. The molecule has 0 heterocycles. The summed E-state index contributed by atoms with van der Waals surface area (Å²) in [5.74, 6) is -1.07. The van der Waals surface area contributed by atoms with E-state index in [2.05, 4.69) is 0 Å². The lowest BCUT2D eigenvalue weighted by Crippen LogP contribution is -2.43. The fourth-order valence-electron chi connectivity index (χ4n) is 1.50. The normalized spacial score (nSPS) is 13.3. The predicted octanol–water partition coefficient (Wildman–Crippen LogP) is 2.79. The van der Waals surface area contributed by atoms with Crippen molar-refractivity contribution in [3.63, 3.8) is 0 Å². The first-order valence-electron chi connectivity index (χ1n) is 5.39. The molecule has 0 N–H and O–H groups in total. The standard InChI is InChI=1S/C11H13F4NO2S/c1-8(2)16(7-11(13,14)15)19(17,18)10-6-4-3-5-9(10)12/h3-6,8H,7H2,1-2H3. The number of benzene rings is 1. The van der Waals surface area contributed by atoms with Gasteiger partial charge in [0.25, 0.3) is 0 Å². The van der Waals surface area contributed by atoms with Crippen LogP contribution in [0.2, 0.25) is 0 Å². The number of hydrogen-bond acceptors (Lipinski definition) is 2. The van der Waals surface area contributed by atoms with E-state index in [9.17, 15) is 26.0 Å². The molecule has 1 rings (SSSR count). The van der Waals surface area contributed by atoms with Crippen LogP contribution in [0.1, 0.15) is 13.8 Å². The highest BCUT2D eigenvalue weighted by molar-refractivity contribution is 7.89. The van der Waals surface area contributed by atoms with E-state index in [0.717, 1.165) is 12.1 Å². The summed E-state index contributed by atoms with van der Waals surface area (Å²) in [6.07, 6.45) is -4.69. The van der Waals surface area contributed by atoms with Crippen molar-refractivity contribution in [2.75, 3.05) is 6.54 Å². The molecule has 3 nitrogen and oxygen atoms in total. The van der Waals surface area contributed by atoms with Gasteiger partial charge in [-0.25, -0.2) is 12.8 Å². The van der Waals surface area contributed by atoms with Crippen LogP contribution in [-0.2, 0) is 10.0 Å². The van der Waals surface area contributed by atoms with Gasteiger partial charge in [0.05, 0.1) is 0 Å². The van der Waals surface area contributed by atoms with Gasteiger partial charge in [0.1, 0.15) is 17.3 Å². The zero-order valence-electron chi connectivity index (χ0n) is 10.3. The van der Waals surface area contributed by atoms with Crippen molar-refractivity contribution in [1.29, 1.82) is 0 Å². The third kappa shape index (κ3) is 3.90. The van der Waals surface area contributed by atoms with E-state index in [4.69, 9.17) is 0 Å². The fourth-order valence-corrected chi connectivity index (χ4v) is 3.19. The minimum absolute atomic E-state index is 0.228. The quantitative estimate of drug-likeness (QED) is 0.802. The SMILES string of the molecule is CC(C)N(CC(F)(F)F)S(=O)(=O)c1ccccc1F. The molecular weight excluding hydrogens is 286 g/mol. The number of rotatable bonds is 4. The fraction of sp³-hybridized carbons (Fsp3) is 0.455. The zero-order chi connectivity index (χ0) is 14.8. The molecule has 0 unspecified atom stereocenters. The summed E-state index contributed by atoms with van der Waals surface area (Å²) in [6, 6.07) is 3.40. The monoisotopic (exact) mass is 299 g/mol. The second-order valence-corrected chi connectivity index (χ2v) is 6.05. The van der Waals surface area contributed by atoms with Crippen molar-refractivity contribution in [3.8, 4) is 0 Å². The van der Waals surface area contributed by atoms with Gasteiger partial charge in [0, 0.05) is 6.04 Å². The molecule has 0 aliphatic carbocycles. The number of alkyl halides is 3. The first-order chi connectivity index (χ1) is 8.55. The lowest BCUT2D eigenvalue weighted by atomic mass is 10.3. The lowest BCUT2D eigenvalue weighted by Gasteiger charge is -2.26. The summed E-state index contributed by atoms with van der Waals surface area (Å²) >= 11 is 0. The lowest BCUT2D eigenvalue weighted by molar-refractivity contribution is -0.138. The van der Waals surface area contributed by atoms with Gasteiger partial charge in [0.15, 0.2) is 0 Å². The van der Waals surface area contributed by atoms with Gasteiger partial charge < -0.3 is 0 Å². The van der Waals surface area contributed by atoms with Crippen LogP contribution < -0.4 is 0 Å². The Hall–Kier alpha value is -1.15. The highest BCUT2D eigenvalue weighted by atomic mass is 32.2. The minimum atomic E-state index is -4.69. The van der Waals surface area contributed by atoms with Crippen LogP contribution in [0.4, 0.5) is 17.6 Å². The van der Waals surface area contributed by atoms with Gasteiger partial charge in [-0.05, 0) is 26.0 Å². The average molecular weight is 299 g/mol. The van der Waals surface area contributed by atoms with Gasteiger partial charge in [-0.2, -0.15) is 17.5 Å². The third-order valence-corrected chi connectivity index (χ3v) is 4.39. The first-order valence-corrected chi connectivity index (χ1v) is 6.83. The summed E-state index contributed by atoms with van der Waals surface area (Å²) in [6.45, 7) is 0.940. The largest absolute Gasteiger partial charge is 0.402 e. The summed E-state index contributed by atoms with van der Waals surface area (Å²) in [5.41, 5.74) is 0. The van der Waals surface area contributed by atoms with Gasteiger partial charge in [-0.3, -0.25) is 0 Å². The molecule has 0 fully saturated rings. The van der Waals surface area contributed by atoms with Crippen molar-refractivity contribution in [3.05, 3.63) is 30.1 Å². The van der Waals surface area contributed by atoms with Gasteiger partial charge in [0.2, 0.25) is 10.0 Å². The second-order valence-electron chi connectivity index (χ2n) is 4.19.